The second-order valence-electron chi connectivity index (χ2n) is 8.54. The van der Waals surface area contributed by atoms with Gasteiger partial charge in [0.2, 0.25) is 21.8 Å². The molecule has 1 atom stereocenters. The molecule has 1 N–H and O–H groups in total. The minimum Gasteiger partial charge on any atom is -0.352 e. The Bertz CT molecular complexity index is 1120. The first-order valence-corrected chi connectivity index (χ1v) is 13.0. The summed E-state index contributed by atoms with van der Waals surface area (Å²) in [6.07, 6.45) is 1.51. The first-order valence-electron chi connectivity index (χ1n) is 11.1. The molecule has 0 saturated carbocycles. The van der Waals surface area contributed by atoms with E-state index in [4.69, 9.17) is 0 Å². The van der Waals surface area contributed by atoms with Crippen LogP contribution in [-0.4, -0.2) is 62.3 Å². The molecule has 2 amide bonds. The Kier molecular flexibility index (Phi) is 9.37. The molecule has 2 aromatic rings. The number of anilines is 1. The predicted octanol–water partition coefficient (Wildman–Crippen LogP) is 2.64. The van der Waals surface area contributed by atoms with Crippen molar-refractivity contribution < 1.29 is 22.8 Å². The van der Waals surface area contributed by atoms with Crippen LogP contribution in [0.1, 0.15) is 43.6 Å². The molecule has 0 radical (unpaired) electrons. The van der Waals surface area contributed by atoms with Crippen molar-refractivity contribution in [3.05, 3.63) is 65.7 Å². The molecular weight excluding hydrogens is 454 g/mol. The number of ketones is 1. The van der Waals surface area contributed by atoms with Crippen molar-refractivity contribution in [3.8, 4) is 0 Å². The Morgan fingerprint density at radius 3 is 2.18 bits per heavy atom. The Hall–Kier alpha value is -3.20. The van der Waals surface area contributed by atoms with Crippen LogP contribution in [0.2, 0.25) is 0 Å². The lowest BCUT2D eigenvalue weighted by Crippen LogP contribution is -2.53. The number of carbonyl (C=O) groups excluding carboxylic acids is 3. The van der Waals surface area contributed by atoms with Gasteiger partial charge in [-0.25, -0.2) is 8.42 Å². The van der Waals surface area contributed by atoms with Crippen molar-refractivity contribution >= 4 is 33.3 Å². The van der Waals surface area contributed by atoms with E-state index in [1.807, 2.05) is 44.2 Å². The van der Waals surface area contributed by atoms with Crippen LogP contribution in [0.25, 0.3) is 0 Å². The largest absolute Gasteiger partial charge is 0.352 e. The number of nitrogens with one attached hydrogen (secondary N) is 1. The zero-order chi connectivity index (χ0) is 25.5. The third-order valence-electron chi connectivity index (χ3n) is 5.30. The van der Waals surface area contributed by atoms with Crippen molar-refractivity contribution in [2.24, 2.45) is 0 Å². The lowest BCUT2D eigenvalue weighted by Gasteiger charge is -2.32. The second kappa shape index (κ2) is 11.8. The van der Waals surface area contributed by atoms with E-state index in [0.29, 0.717) is 12.0 Å². The molecule has 0 saturated heterocycles. The van der Waals surface area contributed by atoms with Gasteiger partial charge in [0.1, 0.15) is 12.6 Å². The zero-order valence-corrected chi connectivity index (χ0v) is 21.1. The quantitative estimate of drug-likeness (QED) is 0.491. The number of Topliss-reactive ketones (excluding diaryl/α,β-unsaturated/α-hetero) is 1. The van der Waals surface area contributed by atoms with Crippen molar-refractivity contribution in [2.75, 3.05) is 23.7 Å². The van der Waals surface area contributed by atoms with Gasteiger partial charge < -0.3 is 10.2 Å². The van der Waals surface area contributed by atoms with Crippen molar-refractivity contribution in [1.82, 2.24) is 10.2 Å². The Balaban J connectivity index is 2.35. The SMILES string of the molecule is CC(=O)c1cccc(N(CC(=O)N(CCc2ccccc2)[C@@H](C)C(=O)NC(C)C)S(C)(=O)=O)c1. The normalized spacial score (nSPS) is 12.2. The summed E-state index contributed by atoms with van der Waals surface area (Å²) >= 11 is 0. The minimum absolute atomic E-state index is 0.108. The van der Waals surface area contributed by atoms with Crippen LogP contribution in [0.3, 0.4) is 0 Å². The summed E-state index contributed by atoms with van der Waals surface area (Å²) in [5.41, 5.74) is 1.54. The average molecular weight is 488 g/mol. The molecule has 0 aliphatic carbocycles. The monoisotopic (exact) mass is 487 g/mol. The topological polar surface area (TPSA) is 104 Å². The number of nitrogens with zero attached hydrogens (tertiary/aromatic N) is 2. The van der Waals surface area contributed by atoms with Crippen LogP contribution < -0.4 is 9.62 Å². The van der Waals surface area contributed by atoms with Gasteiger partial charge in [0.25, 0.3) is 0 Å². The summed E-state index contributed by atoms with van der Waals surface area (Å²) in [6.45, 7) is 6.41. The van der Waals surface area contributed by atoms with Crippen molar-refractivity contribution in [2.45, 2.75) is 46.2 Å². The zero-order valence-electron chi connectivity index (χ0n) is 20.3. The van der Waals surface area contributed by atoms with Crippen LogP contribution in [0.4, 0.5) is 5.69 Å². The Labute approximate surface area is 202 Å². The van der Waals surface area contributed by atoms with E-state index < -0.39 is 28.5 Å². The maximum Gasteiger partial charge on any atom is 0.244 e. The highest BCUT2D eigenvalue weighted by molar-refractivity contribution is 7.92. The first-order chi connectivity index (χ1) is 15.9. The summed E-state index contributed by atoms with van der Waals surface area (Å²) in [5, 5.41) is 2.81. The summed E-state index contributed by atoms with van der Waals surface area (Å²) < 4.78 is 26.1. The van der Waals surface area contributed by atoms with Crippen molar-refractivity contribution in [1.29, 1.82) is 0 Å². The molecular formula is C25H33N3O5S. The lowest BCUT2D eigenvalue weighted by molar-refractivity contribution is -0.139. The van der Waals surface area contributed by atoms with E-state index in [2.05, 4.69) is 5.32 Å². The third-order valence-corrected chi connectivity index (χ3v) is 6.44. The number of carbonyl (C=O) groups is 3. The molecule has 0 aliphatic rings. The number of amides is 2. The second-order valence-corrected chi connectivity index (χ2v) is 10.4. The molecule has 9 heteroatoms. The standard InChI is InChI=1S/C25H33N3O5S/c1-18(2)26-25(31)19(3)27(15-14-21-10-7-6-8-11-21)24(30)17-28(34(5,32)33)23-13-9-12-22(16-23)20(4)29/h6-13,16,18-19H,14-15,17H2,1-5H3,(H,26,31)/t19-/m0/s1. The van der Waals surface area contributed by atoms with Gasteiger partial charge in [0, 0.05) is 18.2 Å². The van der Waals surface area contributed by atoms with Gasteiger partial charge in [-0.3, -0.25) is 18.7 Å². The van der Waals surface area contributed by atoms with E-state index in [1.165, 1.54) is 24.0 Å². The molecule has 0 bridgehead atoms. The maximum atomic E-state index is 13.4. The molecule has 2 aromatic carbocycles. The predicted molar refractivity (Wildman–Crippen MR) is 133 cm³/mol. The van der Waals surface area contributed by atoms with Crippen molar-refractivity contribution in [3.63, 3.8) is 0 Å². The van der Waals surface area contributed by atoms with E-state index in [1.54, 1.807) is 19.1 Å². The Morgan fingerprint density at radius 1 is 0.971 bits per heavy atom. The highest BCUT2D eigenvalue weighted by atomic mass is 32.2. The third kappa shape index (κ3) is 7.69. The molecule has 8 nitrogen and oxygen atoms in total. The fraction of sp³-hybridized carbons (Fsp3) is 0.400. The maximum absolute atomic E-state index is 13.4. The van der Waals surface area contributed by atoms with E-state index >= 15 is 0 Å². The first kappa shape index (κ1) is 27.0. The number of hydrogen-bond donors (Lipinski definition) is 1. The van der Waals surface area contributed by atoms with Gasteiger partial charge in [0.05, 0.1) is 11.9 Å². The lowest BCUT2D eigenvalue weighted by atomic mass is 10.1. The smallest absolute Gasteiger partial charge is 0.244 e. The van der Waals surface area contributed by atoms with Gasteiger partial charge in [-0.05, 0) is 51.8 Å². The van der Waals surface area contributed by atoms with E-state index in [9.17, 15) is 22.8 Å². The molecule has 184 valence electrons. The van der Waals surface area contributed by atoms with E-state index in [-0.39, 0.29) is 30.0 Å². The van der Waals surface area contributed by atoms with Gasteiger partial charge in [-0.1, -0.05) is 42.5 Å². The summed E-state index contributed by atoms with van der Waals surface area (Å²) in [7, 11) is -3.85. The van der Waals surface area contributed by atoms with Gasteiger partial charge in [0.15, 0.2) is 5.78 Å². The average Bonchev–Trinajstić information content (AvgIpc) is 2.77. The van der Waals surface area contributed by atoms with Gasteiger partial charge in [-0.2, -0.15) is 0 Å². The van der Waals surface area contributed by atoms with Crippen LogP contribution in [0.5, 0.6) is 0 Å². The molecule has 0 aromatic heterocycles. The van der Waals surface area contributed by atoms with Crippen LogP contribution in [0.15, 0.2) is 54.6 Å². The fourth-order valence-corrected chi connectivity index (χ4v) is 4.31. The van der Waals surface area contributed by atoms with Gasteiger partial charge >= 0.3 is 0 Å². The molecule has 2 rings (SSSR count). The molecule has 0 unspecified atom stereocenters. The number of rotatable bonds is 11. The fourth-order valence-electron chi connectivity index (χ4n) is 3.47. The van der Waals surface area contributed by atoms with Gasteiger partial charge in [-0.15, -0.1) is 0 Å². The highest BCUT2D eigenvalue weighted by Crippen LogP contribution is 2.20. The molecule has 0 heterocycles. The number of hydrogen-bond acceptors (Lipinski definition) is 5. The molecule has 0 aliphatic heterocycles. The highest BCUT2D eigenvalue weighted by Gasteiger charge is 2.30. The molecule has 0 spiro atoms. The molecule has 34 heavy (non-hydrogen) atoms. The number of benzene rings is 2. The van der Waals surface area contributed by atoms with Crippen LogP contribution in [0, 0.1) is 0 Å². The Morgan fingerprint density at radius 2 is 1.62 bits per heavy atom. The summed E-state index contributed by atoms with van der Waals surface area (Å²) in [4.78, 5) is 39.3. The summed E-state index contributed by atoms with van der Waals surface area (Å²) in [5.74, 6) is -1.05. The van der Waals surface area contributed by atoms with Crippen LogP contribution in [-0.2, 0) is 26.0 Å². The molecule has 0 fully saturated rings. The number of sulfonamides is 1. The van der Waals surface area contributed by atoms with E-state index in [0.717, 1.165) is 16.1 Å². The summed E-state index contributed by atoms with van der Waals surface area (Å²) in [6, 6.07) is 14.8. The minimum atomic E-state index is -3.85. The van der Waals surface area contributed by atoms with Crippen LogP contribution >= 0.6 is 0 Å².